The van der Waals surface area contributed by atoms with Gasteiger partial charge in [-0.2, -0.15) is 5.26 Å². The highest BCUT2D eigenvalue weighted by Crippen LogP contribution is 2.14. The highest BCUT2D eigenvalue weighted by atomic mass is 16.5. The van der Waals surface area contributed by atoms with Gasteiger partial charge in [0.05, 0.1) is 20.3 Å². The predicted molar refractivity (Wildman–Crippen MR) is 82.5 cm³/mol. The van der Waals surface area contributed by atoms with Gasteiger partial charge in [-0.25, -0.2) is 4.79 Å². The van der Waals surface area contributed by atoms with Crippen LogP contribution in [0.2, 0.25) is 0 Å². The van der Waals surface area contributed by atoms with E-state index >= 15 is 0 Å². The molecular weight excluding hydrogens is 298 g/mol. The van der Waals surface area contributed by atoms with Crippen molar-refractivity contribution in [2.45, 2.75) is 0 Å². The van der Waals surface area contributed by atoms with E-state index < -0.39 is 5.97 Å². The molecule has 1 aromatic rings. The zero-order valence-electron chi connectivity index (χ0n) is 12.7. The maximum absolute atomic E-state index is 12.4. The van der Waals surface area contributed by atoms with Crippen molar-refractivity contribution < 1.29 is 19.1 Å². The lowest BCUT2D eigenvalue weighted by Crippen LogP contribution is -2.40. The van der Waals surface area contributed by atoms with Crippen LogP contribution in [0.5, 0.6) is 0 Å². The molecule has 1 amide bonds. The van der Waals surface area contributed by atoms with Crippen LogP contribution in [-0.2, 0) is 14.3 Å². The monoisotopic (exact) mass is 315 g/mol. The van der Waals surface area contributed by atoms with Gasteiger partial charge in [-0.15, -0.1) is 0 Å². The van der Waals surface area contributed by atoms with Crippen LogP contribution in [0.4, 0.5) is 5.69 Å². The quantitative estimate of drug-likeness (QED) is 0.509. The Kier molecular flexibility index (Phi) is 5.72. The zero-order chi connectivity index (χ0) is 16.7. The molecule has 1 heterocycles. The minimum absolute atomic E-state index is 0.0746. The topological polar surface area (TPSA) is 91.7 Å². The van der Waals surface area contributed by atoms with Crippen LogP contribution in [0.25, 0.3) is 0 Å². The first-order valence-corrected chi connectivity index (χ1v) is 7.08. The Morgan fingerprint density at radius 1 is 1.39 bits per heavy atom. The molecule has 1 N–H and O–H groups in total. The lowest BCUT2D eigenvalue weighted by molar-refractivity contribution is -0.135. The number of carbonyl (C=O) groups is 2. The number of hydrogen-bond donors (Lipinski definition) is 1. The molecule has 1 aliphatic heterocycles. The smallest absolute Gasteiger partial charge is 0.350 e. The first kappa shape index (κ1) is 16.5. The van der Waals surface area contributed by atoms with Crippen LogP contribution < -0.4 is 5.32 Å². The molecule has 7 nitrogen and oxygen atoms in total. The Balaban J connectivity index is 2.10. The van der Waals surface area contributed by atoms with Gasteiger partial charge >= 0.3 is 5.97 Å². The number of benzene rings is 1. The van der Waals surface area contributed by atoms with Crippen molar-refractivity contribution in [3.63, 3.8) is 0 Å². The van der Waals surface area contributed by atoms with E-state index in [1.54, 1.807) is 35.2 Å². The van der Waals surface area contributed by atoms with Gasteiger partial charge in [0.25, 0.3) is 5.91 Å². The maximum Gasteiger partial charge on any atom is 0.350 e. The Hall–Kier alpha value is -2.85. The van der Waals surface area contributed by atoms with Crippen LogP contribution in [0.15, 0.2) is 36.0 Å². The lowest BCUT2D eigenvalue weighted by atomic mass is 10.1. The molecule has 120 valence electrons. The molecule has 0 atom stereocenters. The number of carbonyl (C=O) groups excluding carboxylic acids is 2. The fourth-order valence-electron chi connectivity index (χ4n) is 2.09. The van der Waals surface area contributed by atoms with Crippen molar-refractivity contribution in [2.24, 2.45) is 0 Å². The molecule has 0 saturated carbocycles. The van der Waals surface area contributed by atoms with Crippen LogP contribution >= 0.6 is 0 Å². The third kappa shape index (κ3) is 4.31. The fraction of sp³-hybridized carbons (Fsp3) is 0.312. The number of ether oxygens (including phenoxy) is 2. The summed E-state index contributed by atoms with van der Waals surface area (Å²) in [4.78, 5) is 25.5. The number of nitrogens with one attached hydrogen (secondary N) is 1. The van der Waals surface area contributed by atoms with E-state index in [1.165, 1.54) is 13.3 Å². The number of nitriles is 1. The van der Waals surface area contributed by atoms with E-state index in [-0.39, 0.29) is 11.5 Å². The van der Waals surface area contributed by atoms with Crippen LogP contribution in [0.1, 0.15) is 10.4 Å². The summed E-state index contributed by atoms with van der Waals surface area (Å²) in [6.07, 6.45) is 1.25. The summed E-state index contributed by atoms with van der Waals surface area (Å²) in [6, 6.07) is 8.60. The van der Waals surface area contributed by atoms with Crippen molar-refractivity contribution in [3.05, 3.63) is 41.6 Å². The number of methoxy groups -OCH3 is 1. The fourth-order valence-corrected chi connectivity index (χ4v) is 2.09. The first-order chi connectivity index (χ1) is 11.2. The number of hydrogen-bond acceptors (Lipinski definition) is 6. The average Bonchev–Trinajstić information content (AvgIpc) is 2.62. The van der Waals surface area contributed by atoms with E-state index in [1.807, 2.05) is 0 Å². The SMILES string of the molecule is COC(=O)/C(C#N)=C\Nc1cccc(C(=O)N2CCOCC2)c1. The Labute approximate surface area is 134 Å². The Morgan fingerprint density at radius 3 is 2.78 bits per heavy atom. The highest BCUT2D eigenvalue weighted by molar-refractivity contribution is 5.95. The van der Waals surface area contributed by atoms with Gasteiger partial charge in [0.2, 0.25) is 0 Å². The van der Waals surface area contributed by atoms with Gasteiger partial charge < -0.3 is 19.7 Å². The predicted octanol–water partition coefficient (Wildman–Crippen LogP) is 1.15. The normalized spacial score (nSPS) is 14.8. The molecular formula is C16H17N3O4. The number of amides is 1. The number of anilines is 1. The molecule has 0 unspecified atom stereocenters. The molecule has 7 heteroatoms. The van der Waals surface area contributed by atoms with Crippen LogP contribution in [0, 0.1) is 11.3 Å². The van der Waals surface area contributed by atoms with Crippen molar-refractivity contribution >= 4 is 17.6 Å². The number of nitrogens with zero attached hydrogens (tertiary/aromatic N) is 2. The molecule has 0 aliphatic carbocycles. The van der Waals surface area contributed by atoms with E-state index in [2.05, 4.69) is 10.1 Å². The minimum atomic E-state index is -0.722. The average molecular weight is 315 g/mol. The van der Waals surface area contributed by atoms with Crippen molar-refractivity contribution in [2.75, 3.05) is 38.7 Å². The van der Waals surface area contributed by atoms with Crippen molar-refractivity contribution in [1.82, 2.24) is 4.90 Å². The van der Waals surface area contributed by atoms with Gasteiger partial charge in [-0.05, 0) is 18.2 Å². The van der Waals surface area contributed by atoms with Gasteiger partial charge in [0.1, 0.15) is 6.07 Å². The largest absolute Gasteiger partial charge is 0.465 e. The number of esters is 1. The van der Waals surface area contributed by atoms with Gasteiger partial charge in [0.15, 0.2) is 5.57 Å². The summed E-state index contributed by atoms with van der Waals surface area (Å²) < 4.78 is 9.72. The number of rotatable bonds is 4. The second-order valence-electron chi connectivity index (χ2n) is 4.79. The molecule has 1 aromatic carbocycles. The zero-order valence-corrected chi connectivity index (χ0v) is 12.7. The van der Waals surface area contributed by atoms with Crippen LogP contribution in [0.3, 0.4) is 0 Å². The molecule has 1 saturated heterocycles. The molecule has 0 aromatic heterocycles. The molecule has 0 bridgehead atoms. The molecule has 2 rings (SSSR count). The molecule has 1 fully saturated rings. The second-order valence-corrected chi connectivity index (χ2v) is 4.79. The standard InChI is InChI=1S/C16H17N3O4/c1-22-16(21)13(10-17)11-18-14-4-2-3-12(9-14)15(20)19-5-7-23-8-6-19/h2-4,9,11,18H,5-8H2,1H3/b13-11-. The minimum Gasteiger partial charge on any atom is -0.465 e. The number of morpholine rings is 1. The first-order valence-electron chi connectivity index (χ1n) is 7.08. The molecule has 0 spiro atoms. The summed E-state index contributed by atoms with van der Waals surface area (Å²) in [5, 5.41) is 11.7. The summed E-state index contributed by atoms with van der Waals surface area (Å²) in [5.74, 6) is -0.796. The highest BCUT2D eigenvalue weighted by Gasteiger charge is 2.18. The van der Waals surface area contributed by atoms with E-state index in [0.717, 1.165) is 0 Å². The molecule has 23 heavy (non-hydrogen) atoms. The van der Waals surface area contributed by atoms with Crippen molar-refractivity contribution in [3.8, 4) is 6.07 Å². The second kappa shape index (κ2) is 7.96. The summed E-state index contributed by atoms with van der Waals surface area (Å²) >= 11 is 0. The molecule has 1 aliphatic rings. The third-order valence-corrected chi connectivity index (χ3v) is 3.32. The van der Waals surface area contributed by atoms with Gasteiger partial charge in [-0.1, -0.05) is 6.07 Å². The summed E-state index contributed by atoms with van der Waals surface area (Å²) in [5.41, 5.74) is 0.972. The van der Waals surface area contributed by atoms with Gasteiger partial charge in [0, 0.05) is 30.5 Å². The maximum atomic E-state index is 12.4. The summed E-state index contributed by atoms with van der Waals surface area (Å²) in [7, 11) is 1.20. The van der Waals surface area contributed by atoms with Crippen LogP contribution in [-0.4, -0.2) is 50.2 Å². The van der Waals surface area contributed by atoms with Crippen molar-refractivity contribution in [1.29, 1.82) is 5.26 Å². The van der Waals surface area contributed by atoms with E-state index in [9.17, 15) is 9.59 Å². The van der Waals surface area contributed by atoms with E-state index in [4.69, 9.17) is 10.00 Å². The third-order valence-electron chi connectivity index (χ3n) is 3.32. The Morgan fingerprint density at radius 2 is 2.13 bits per heavy atom. The van der Waals surface area contributed by atoms with E-state index in [0.29, 0.717) is 37.6 Å². The summed E-state index contributed by atoms with van der Waals surface area (Å²) in [6.45, 7) is 2.21. The lowest BCUT2D eigenvalue weighted by Gasteiger charge is -2.27. The van der Waals surface area contributed by atoms with Gasteiger partial charge in [-0.3, -0.25) is 4.79 Å². The Bertz CT molecular complexity index is 658. The molecule has 0 radical (unpaired) electrons.